The molecule has 0 unspecified atom stereocenters. The van der Waals surface area contributed by atoms with Gasteiger partial charge in [0.15, 0.2) is 11.8 Å². The van der Waals surface area contributed by atoms with E-state index in [0.29, 0.717) is 5.92 Å². The molecule has 8 nitrogen and oxygen atoms in total. The smallest absolute Gasteiger partial charge is 0.413 e. The number of methoxy groups -OCH3 is 1. The Balaban J connectivity index is 1.80. The molecule has 0 spiro atoms. The number of aromatic nitrogens is 2. The van der Waals surface area contributed by atoms with Crippen LogP contribution in [0, 0.1) is 0 Å². The zero-order valence-electron chi connectivity index (χ0n) is 14.5. The fraction of sp³-hybridized carbons (Fsp3) is 0.333. The molecule has 0 bridgehead atoms. The summed E-state index contributed by atoms with van der Waals surface area (Å²) in [7, 11) is 1.14. The lowest BCUT2D eigenvalue weighted by Crippen LogP contribution is -2.39. The molecule has 1 fully saturated rings. The first-order valence-electron chi connectivity index (χ1n) is 8.24. The summed E-state index contributed by atoms with van der Waals surface area (Å²) in [6.07, 6.45) is 0.00421. The minimum Gasteiger partial charge on any atom is -0.453 e. The predicted octanol–water partition coefficient (Wildman–Crippen LogP) is 2.18. The number of carbonyl (C=O) groups is 3. The Morgan fingerprint density at radius 3 is 2.54 bits per heavy atom. The molecular weight excluding hydrogens is 338 g/mol. The molecule has 136 valence electrons. The van der Waals surface area contributed by atoms with Crippen LogP contribution >= 0.6 is 0 Å². The van der Waals surface area contributed by atoms with Gasteiger partial charge in [0.1, 0.15) is 0 Å². The van der Waals surface area contributed by atoms with Crippen molar-refractivity contribution in [1.82, 2.24) is 15.1 Å². The zero-order chi connectivity index (χ0) is 18.7. The van der Waals surface area contributed by atoms with Crippen molar-refractivity contribution in [3.05, 3.63) is 47.8 Å². The van der Waals surface area contributed by atoms with Crippen molar-refractivity contribution < 1.29 is 23.9 Å². The molecule has 26 heavy (non-hydrogen) atoms. The summed E-state index contributed by atoms with van der Waals surface area (Å²) in [5.74, 6) is -1.11. The number of nitrogens with one attached hydrogen (secondary N) is 1. The first-order chi connectivity index (χ1) is 12.5. The first kappa shape index (κ1) is 17.7. The minimum atomic E-state index is -1.16. The summed E-state index contributed by atoms with van der Waals surface area (Å²) in [5, 5.41) is 6.48. The van der Waals surface area contributed by atoms with Crippen molar-refractivity contribution >= 4 is 18.0 Å². The van der Waals surface area contributed by atoms with Gasteiger partial charge in [-0.15, -0.1) is 0 Å². The molecule has 3 rings (SSSR count). The normalized spacial score (nSPS) is 14.4. The van der Waals surface area contributed by atoms with E-state index in [-0.39, 0.29) is 5.69 Å². The second-order valence-electron chi connectivity index (χ2n) is 6.00. The molecule has 1 saturated carbocycles. The van der Waals surface area contributed by atoms with Crippen molar-refractivity contribution in [2.75, 3.05) is 7.11 Å². The van der Waals surface area contributed by atoms with E-state index in [1.54, 1.807) is 6.07 Å². The zero-order valence-corrected chi connectivity index (χ0v) is 14.5. The molecule has 1 aliphatic rings. The van der Waals surface area contributed by atoms with Gasteiger partial charge in [-0.3, -0.25) is 10.1 Å². The van der Waals surface area contributed by atoms with Crippen LogP contribution in [-0.4, -0.2) is 41.0 Å². The molecule has 1 aromatic heterocycles. The fourth-order valence-corrected chi connectivity index (χ4v) is 2.42. The minimum absolute atomic E-state index is 0.232. The second kappa shape index (κ2) is 7.38. The molecule has 1 atom stereocenters. The first-order valence-corrected chi connectivity index (χ1v) is 8.24. The monoisotopic (exact) mass is 357 g/mol. The van der Waals surface area contributed by atoms with E-state index in [9.17, 15) is 14.4 Å². The fourth-order valence-electron chi connectivity index (χ4n) is 2.42. The van der Waals surface area contributed by atoms with E-state index in [2.05, 4.69) is 9.84 Å². The summed E-state index contributed by atoms with van der Waals surface area (Å²) < 4.78 is 11.1. The van der Waals surface area contributed by atoms with Gasteiger partial charge in [0.2, 0.25) is 0 Å². The van der Waals surface area contributed by atoms with Crippen LogP contribution in [0.3, 0.4) is 0 Å². The largest absolute Gasteiger partial charge is 0.453 e. The molecule has 0 radical (unpaired) electrons. The third-order valence-corrected chi connectivity index (χ3v) is 4.00. The van der Waals surface area contributed by atoms with Crippen LogP contribution in [0.15, 0.2) is 36.4 Å². The summed E-state index contributed by atoms with van der Waals surface area (Å²) in [6.45, 7) is 1.38. The van der Waals surface area contributed by atoms with Gasteiger partial charge >= 0.3 is 12.1 Å². The summed E-state index contributed by atoms with van der Waals surface area (Å²) in [6, 6.07) is 10.9. The van der Waals surface area contributed by atoms with Crippen molar-refractivity contribution in [2.24, 2.45) is 0 Å². The Morgan fingerprint density at radius 1 is 1.23 bits per heavy atom. The second-order valence-corrected chi connectivity index (χ2v) is 6.00. The van der Waals surface area contributed by atoms with Crippen LogP contribution in [0.25, 0.3) is 5.69 Å². The van der Waals surface area contributed by atoms with Crippen molar-refractivity contribution in [3.63, 3.8) is 0 Å². The number of benzene rings is 1. The number of hydrogen-bond acceptors (Lipinski definition) is 6. The highest BCUT2D eigenvalue weighted by Crippen LogP contribution is 2.39. The third-order valence-electron chi connectivity index (χ3n) is 4.00. The maximum absolute atomic E-state index is 12.6. The van der Waals surface area contributed by atoms with Crippen LogP contribution in [0.1, 0.15) is 41.9 Å². The quantitative estimate of drug-likeness (QED) is 0.824. The topological polar surface area (TPSA) is 99.5 Å². The predicted molar refractivity (Wildman–Crippen MR) is 91.0 cm³/mol. The average Bonchev–Trinajstić information content (AvgIpc) is 3.40. The van der Waals surface area contributed by atoms with Gasteiger partial charge in [-0.25, -0.2) is 14.3 Å². The number of carbonyl (C=O) groups excluding carboxylic acids is 3. The van der Waals surface area contributed by atoms with E-state index in [1.807, 2.05) is 35.6 Å². The molecule has 0 aliphatic heterocycles. The van der Waals surface area contributed by atoms with E-state index >= 15 is 0 Å². The maximum Gasteiger partial charge on any atom is 0.413 e. The maximum atomic E-state index is 12.6. The number of amides is 2. The molecule has 0 saturated heterocycles. The highest BCUT2D eigenvalue weighted by Gasteiger charge is 2.30. The molecule has 2 amide bonds. The molecule has 1 aliphatic carbocycles. The molecule has 8 heteroatoms. The van der Waals surface area contributed by atoms with Crippen LogP contribution in [0.5, 0.6) is 0 Å². The molecule has 1 aromatic carbocycles. The average molecular weight is 357 g/mol. The highest BCUT2D eigenvalue weighted by atomic mass is 16.6. The molecule has 1 heterocycles. The molecule has 2 aromatic rings. The lowest BCUT2D eigenvalue weighted by molar-refractivity contribution is -0.128. The standard InChI is InChI=1S/C18H19N3O5/c1-11(16(22)19-18(24)25-2)26-17(23)15-10-14(12-8-9-12)20-21(15)13-6-4-3-5-7-13/h3-7,10-12H,8-9H2,1-2H3,(H,19,22,24)/t11-/m1/s1. The molecular formula is C18H19N3O5. The van der Waals surface area contributed by atoms with Gasteiger partial charge in [-0.1, -0.05) is 18.2 Å². The van der Waals surface area contributed by atoms with E-state index < -0.39 is 24.1 Å². The SMILES string of the molecule is COC(=O)NC(=O)[C@@H](C)OC(=O)c1cc(C2CC2)nn1-c1ccccc1. The van der Waals surface area contributed by atoms with Crippen LogP contribution < -0.4 is 5.32 Å². The van der Waals surface area contributed by atoms with Gasteiger partial charge in [0.25, 0.3) is 5.91 Å². The van der Waals surface area contributed by atoms with Crippen LogP contribution in [0.2, 0.25) is 0 Å². The van der Waals surface area contributed by atoms with Crippen molar-refractivity contribution in [1.29, 1.82) is 0 Å². The van der Waals surface area contributed by atoms with E-state index in [4.69, 9.17) is 4.74 Å². The van der Waals surface area contributed by atoms with Gasteiger partial charge in [-0.05, 0) is 38.0 Å². The van der Waals surface area contributed by atoms with Gasteiger partial charge in [0.05, 0.1) is 18.5 Å². The Bertz CT molecular complexity index is 827. The van der Waals surface area contributed by atoms with Crippen LogP contribution in [-0.2, 0) is 14.3 Å². The number of para-hydroxylation sites is 1. The van der Waals surface area contributed by atoms with Crippen molar-refractivity contribution in [2.45, 2.75) is 31.8 Å². The number of alkyl carbamates (subject to hydrolysis) is 1. The summed E-state index contributed by atoms with van der Waals surface area (Å²) in [4.78, 5) is 35.5. The number of nitrogens with zero attached hydrogens (tertiary/aromatic N) is 2. The Hall–Kier alpha value is -3.16. The number of imide groups is 1. The number of esters is 1. The Morgan fingerprint density at radius 2 is 1.92 bits per heavy atom. The lowest BCUT2D eigenvalue weighted by Gasteiger charge is -2.13. The van der Waals surface area contributed by atoms with Crippen LogP contribution in [0.4, 0.5) is 4.79 Å². The Labute approximate surface area is 150 Å². The van der Waals surface area contributed by atoms with Gasteiger partial charge in [0, 0.05) is 5.92 Å². The number of ether oxygens (including phenoxy) is 2. The van der Waals surface area contributed by atoms with E-state index in [1.165, 1.54) is 11.6 Å². The highest BCUT2D eigenvalue weighted by molar-refractivity contribution is 5.96. The Kier molecular flexibility index (Phi) is 5.01. The number of rotatable bonds is 5. The lowest BCUT2D eigenvalue weighted by atomic mass is 10.2. The third kappa shape index (κ3) is 3.90. The van der Waals surface area contributed by atoms with E-state index in [0.717, 1.165) is 31.3 Å². The summed E-state index contributed by atoms with van der Waals surface area (Å²) in [5.41, 5.74) is 1.78. The molecule has 1 N–H and O–H groups in total. The van der Waals surface area contributed by atoms with Gasteiger partial charge in [-0.2, -0.15) is 5.10 Å². The van der Waals surface area contributed by atoms with Crippen molar-refractivity contribution in [3.8, 4) is 5.69 Å². The number of hydrogen-bond donors (Lipinski definition) is 1. The summed E-state index contributed by atoms with van der Waals surface area (Å²) >= 11 is 0. The van der Waals surface area contributed by atoms with Gasteiger partial charge < -0.3 is 9.47 Å².